The Morgan fingerprint density at radius 2 is 1.89 bits per heavy atom. The van der Waals surface area contributed by atoms with E-state index in [-0.39, 0.29) is 18.3 Å². The van der Waals surface area contributed by atoms with E-state index in [4.69, 9.17) is 14.2 Å². The van der Waals surface area contributed by atoms with Gasteiger partial charge in [0.05, 0.1) is 12.2 Å². The molecule has 188 valence electrons. The standard InChI is InChI=1S/C28H30N2O5S/c1-17-18(6-5-7-20(17)19-8-9-23-24(15-19)34-13-12-33-23)14-22(31)26-29-21-10-11-30(16-25(21)36-26)27(32)35-28(2,3)4/h5-9,15H,10-14,16H2,1-4H3. The molecular formula is C28H30N2O5S. The van der Waals surface area contributed by atoms with E-state index in [1.54, 1.807) is 4.90 Å². The number of thiazole rings is 1. The molecule has 0 radical (unpaired) electrons. The molecule has 2 aromatic carbocycles. The van der Waals surface area contributed by atoms with Crippen LogP contribution in [0.25, 0.3) is 11.1 Å². The highest BCUT2D eigenvalue weighted by Gasteiger charge is 2.29. The van der Waals surface area contributed by atoms with Crippen LogP contribution in [0.15, 0.2) is 36.4 Å². The summed E-state index contributed by atoms with van der Waals surface area (Å²) >= 11 is 1.38. The molecule has 2 aliphatic heterocycles. The van der Waals surface area contributed by atoms with Crippen LogP contribution in [0, 0.1) is 6.92 Å². The second-order valence-corrected chi connectivity index (χ2v) is 11.2. The molecule has 3 aromatic rings. The van der Waals surface area contributed by atoms with Crippen LogP contribution in [0.2, 0.25) is 0 Å². The van der Waals surface area contributed by atoms with Crippen molar-refractivity contribution in [3.63, 3.8) is 0 Å². The largest absolute Gasteiger partial charge is 0.486 e. The first-order valence-electron chi connectivity index (χ1n) is 12.2. The van der Waals surface area contributed by atoms with E-state index < -0.39 is 5.60 Å². The summed E-state index contributed by atoms with van der Waals surface area (Å²) < 4.78 is 16.9. The van der Waals surface area contributed by atoms with Gasteiger partial charge in [-0.2, -0.15) is 0 Å². The topological polar surface area (TPSA) is 78.0 Å². The first-order chi connectivity index (χ1) is 17.2. The first-order valence-corrected chi connectivity index (χ1v) is 13.0. The van der Waals surface area contributed by atoms with E-state index in [0.717, 1.165) is 44.3 Å². The Balaban J connectivity index is 1.32. The van der Waals surface area contributed by atoms with Crippen molar-refractivity contribution in [3.8, 4) is 22.6 Å². The Hall–Kier alpha value is -3.39. The molecule has 0 atom stereocenters. The molecule has 0 saturated heterocycles. The van der Waals surface area contributed by atoms with Gasteiger partial charge in [0, 0.05) is 24.3 Å². The zero-order chi connectivity index (χ0) is 25.4. The molecule has 0 bridgehead atoms. The molecule has 0 unspecified atom stereocenters. The predicted octanol–water partition coefficient (Wildman–Crippen LogP) is 5.61. The third-order valence-electron chi connectivity index (χ3n) is 6.27. The van der Waals surface area contributed by atoms with Gasteiger partial charge in [0.25, 0.3) is 0 Å². The van der Waals surface area contributed by atoms with Crippen LogP contribution in [0.1, 0.15) is 52.3 Å². The number of carbonyl (C=O) groups excluding carboxylic acids is 2. The Kier molecular flexibility index (Phi) is 6.47. The summed E-state index contributed by atoms with van der Waals surface area (Å²) in [6, 6.07) is 12.0. The third-order valence-corrected chi connectivity index (χ3v) is 7.40. The van der Waals surface area contributed by atoms with Gasteiger partial charge in [-0.05, 0) is 62.1 Å². The highest BCUT2D eigenvalue weighted by Crippen LogP contribution is 2.36. The molecule has 1 amide bonds. The minimum atomic E-state index is -0.543. The monoisotopic (exact) mass is 506 g/mol. The summed E-state index contributed by atoms with van der Waals surface area (Å²) in [5.74, 6) is 1.49. The van der Waals surface area contributed by atoms with Gasteiger partial charge in [0.2, 0.25) is 0 Å². The molecule has 3 heterocycles. The second kappa shape index (κ2) is 9.58. The zero-order valence-corrected chi connectivity index (χ0v) is 21.9. The number of carbonyl (C=O) groups is 2. The fourth-order valence-electron chi connectivity index (χ4n) is 4.44. The van der Waals surface area contributed by atoms with Crippen LogP contribution in [0.3, 0.4) is 0 Å². The number of hydrogen-bond donors (Lipinski definition) is 0. The van der Waals surface area contributed by atoms with Crippen molar-refractivity contribution in [1.29, 1.82) is 0 Å². The smallest absolute Gasteiger partial charge is 0.410 e. The molecular weight excluding hydrogens is 476 g/mol. The minimum absolute atomic E-state index is 0.0133. The number of rotatable bonds is 4. The van der Waals surface area contributed by atoms with Crippen LogP contribution in [-0.4, -0.2) is 47.1 Å². The molecule has 0 spiro atoms. The minimum Gasteiger partial charge on any atom is -0.486 e. The van der Waals surface area contributed by atoms with E-state index in [0.29, 0.717) is 37.7 Å². The number of hydrogen-bond acceptors (Lipinski definition) is 7. The molecule has 5 rings (SSSR count). The van der Waals surface area contributed by atoms with Gasteiger partial charge in [0.1, 0.15) is 18.8 Å². The third kappa shape index (κ3) is 5.09. The second-order valence-electron chi connectivity index (χ2n) is 10.1. The van der Waals surface area contributed by atoms with Crippen LogP contribution in [0.4, 0.5) is 4.79 Å². The van der Waals surface area contributed by atoms with E-state index in [9.17, 15) is 9.59 Å². The molecule has 8 heteroatoms. The summed E-state index contributed by atoms with van der Waals surface area (Å²) in [6.07, 6.45) is 0.560. The van der Waals surface area contributed by atoms with E-state index in [2.05, 4.69) is 11.1 Å². The SMILES string of the molecule is Cc1c(CC(=O)c2nc3c(s2)CN(C(=O)OC(C)(C)C)CC3)cccc1-c1ccc2c(c1)OCCO2. The number of benzene rings is 2. The van der Waals surface area contributed by atoms with Crippen molar-refractivity contribution in [3.05, 3.63) is 63.1 Å². The van der Waals surface area contributed by atoms with Crippen molar-refractivity contribution in [1.82, 2.24) is 9.88 Å². The van der Waals surface area contributed by atoms with Gasteiger partial charge >= 0.3 is 6.09 Å². The highest BCUT2D eigenvalue weighted by atomic mass is 32.1. The van der Waals surface area contributed by atoms with Crippen LogP contribution >= 0.6 is 11.3 Å². The number of fused-ring (bicyclic) bond motifs is 2. The molecule has 36 heavy (non-hydrogen) atoms. The predicted molar refractivity (Wildman–Crippen MR) is 138 cm³/mol. The molecule has 0 fully saturated rings. The average molecular weight is 507 g/mol. The fourth-order valence-corrected chi connectivity index (χ4v) is 5.51. The quantitative estimate of drug-likeness (QED) is 0.428. The average Bonchev–Trinajstić information content (AvgIpc) is 3.28. The van der Waals surface area contributed by atoms with Crippen molar-refractivity contribution in [2.75, 3.05) is 19.8 Å². The first kappa shape index (κ1) is 24.3. The van der Waals surface area contributed by atoms with E-state index in [1.165, 1.54) is 11.3 Å². The van der Waals surface area contributed by atoms with Gasteiger partial charge in [-0.15, -0.1) is 11.3 Å². The molecule has 1 aromatic heterocycles. The Morgan fingerprint density at radius 1 is 1.11 bits per heavy atom. The zero-order valence-electron chi connectivity index (χ0n) is 21.1. The van der Waals surface area contributed by atoms with Gasteiger partial charge in [-0.3, -0.25) is 4.79 Å². The lowest BCUT2D eigenvalue weighted by Gasteiger charge is -2.29. The highest BCUT2D eigenvalue weighted by molar-refractivity contribution is 7.13. The van der Waals surface area contributed by atoms with Gasteiger partial charge < -0.3 is 19.1 Å². The van der Waals surface area contributed by atoms with Crippen LogP contribution < -0.4 is 9.47 Å². The molecule has 0 saturated carbocycles. The lowest BCUT2D eigenvalue weighted by atomic mass is 9.94. The maximum Gasteiger partial charge on any atom is 0.410 e. The summed E-state index contributed by atoms with van der Waals surface area (Å²) in [4.78, 5) is 33.0. The number of ketones is 1. The lowest BCUT2D eigenvalue weighted by molar-refractivity contribution is 0.0225. The maximum absolute atomic E-state index is 13.2. The molecule has 2 aliphatic rings. The molecule has 7 nitrogen and oxygen atoms in total. The van der Waals surface area contributed by atoms with Gasteiger partial charge in [-0.1, -0.05) is 24.3 Å². The van der Waals surface area contributed by atoms with Gasteiger partial charge in [-0.25, -0.2) is 9.78 Å². The van der Waals surface area contributed by atoms with Crippen molar-refractivity contribution in [2.45, 2.75) is 52.7 Å². The Bertz CT molecular complexity index is 1320. The van der Waals surface area contributed by atoms with E-state index >= 15 is 0 Å². The number of Topliss-reactive ketones (excluding diaryl/α,β-unsaturated/α-hetero) is 1. The molecule has 0 aliphatic carbocycles. The summed E-state index contributed by atoms with van der Waals surface area (Å²) in [5.41, 5.74) is 4.47. The maximum atomic E-state index is 13.2. The van der Waals surface area contributed by atoms with Crippen molar-refractivity contribution < 1.29 is 23.8 Å². The van der Waals surface area contributed by atoms with Crippen LogP contribution in [0.5, 0.6) is 11.5 Å². The number of amides is 1. The Morgan fingerprint density at radius 3 is 2.67 bits per heavy atom. The van der Waals surface area contributed by atoms with Crippen molar-refractivity contribution in [2.24, 2.45) is 0 Å². The lowest BCUT2D eigenvalue weighted by Crippen LogP contribution is -2.39. The summed E-state index contributed by atoms with van der Waals surface area (Å²) in [7, 11) is 0. The number of ether oxygens (including phenoxy) is 3. The van der Waals surface area contributed by atoms with E-state index in [1.807, 2.05) is 58.0 Å². The summed E-state index contributed by atoms with van der Waals surface area (Å²) in [6.45, 7) is 9.67. The fraction of sp³-hybridized carbons (Fsp3) is 0.393. The van der Waals surface area contributed by atoms with Gasteiger partial charge in [0.15, 0.2) is 22.3 Å². The number of aromatic nitrogens is 1. The van der Waals surface area contributed by atoms with Crippen LogP contribution in [-0.2, 0) is 24.1 Å². The summed E-state index contributed by atoms with van der Waals surface area (Å²) in [5, 5.41) is 0.496. The molecule has 0 N–H and O–H groups in total. The number of nitrogens with zero attached hydrogens (tertiary/aromatic N) is 2. The van der Waals surface area contributed by atoms with Crippen molar-refractivity contribution >= 4 is 23.2 Å². The normalized spacial score (nSPS) is 14.8. The Labute approximate surface area is 215 Å².